The van der Waals surface area contributed by atoms with Gasteiger partial charge in [-0.05, 0) is 42.2 Å². The molecule has 6 heteroatoms. The van der Waals surface area contributed by atoms with E-state index in [1.807, 2.05) is 30.7 Å². The van der Waals surface area contributed by atoms with Gasteiger partial charge in [0.15, 0.2) is 5.96 Å². The van der Waals surface area contributed by atoms with Gasteiger partial charge < -0.3 is 15.7 Å². The van der Waals surface area contributed by atoms with Crippen LogP contribution in [-0.2, 0) is 5.60 Å². The molecule has 0 spiro atoms. The van der Waals surface area contributed by atoms with E-state index >= 15 is 0 Å². The predicted molar refractivity (Wildman–Crippen MR) is 107 cm³/mol. The molecule has 0 amide bonds. The van der Waals surface area contributed by atoms with Crippen LogP contribution in [0, 0.1) is 5.92 Å². The van der Waals surface area contributed by atoms with E-state index < -0.39 is 5.60 Å². The lowest BCUT2D eigenvalue weighted by Gasteiger charge is -2.22. The monoisotopic (exact) mass is 439 g/mol. The average molecular weight is 439 g/mol. The maximum Gasteiger partial charge on any atom is 0.191 e. The largest absolute Gasteiger partial charge is 0.383 e. The van der Waals surface area contributed by atoms with E-state index in [0.29, 0.717) is 12.5 Å². The molecule has 3 N–H and O–H groups in total. The number of nitrogens with zero attached hydrogens (tertiary/aromatic N) is 1. The third-order valence-electron chi connectivity index (χ3n) is 3.75. The van der Waals surface area contributed by atoms with Crippen molar-refractivity contribution in [1.29, 1.82) is 0 Å². The van der Waals surface area contributed by atoms with Crippen molar-refractivity contribution >= 4 is 41.3 Å². The van der Waals surface area contributed by atoms with Crippen LogP contribution in [0.25, 0.3) is 0 Å². The summed E-state index contributed by atoms with van der Waals surface area (Å²) in [5, 5.41) is 21.1. The molecule has 0 aliphatic rings. The Morgan fingerprint density at radius 1 is 1.32 bits per heavy atom. The van der Waals surface area contributed by atoms with Gasteiger partial charge in [0.25, 0.3) is 0 Å². The highest BCUT2D eigenvalue weighted by Gasteiger charge is 2.23. The molecule has 0 fully saturated rings. The number of rotatable bonds is 8. The fourth-order valence-electron chi connectivity index (χ4n) is 2.06. The van der Waals surface area contributed by atoms with Gasteiger partial charge in [-0.25, -0.2) is 4.99 Å². The van der Waals surface area contributed by atoms with Crippen LogP contribution >= 0.6 is 35.3 Å². The molecular weight excluding hydrogens is 409 g/mol. The van der Waals surface area contributed by atoms with Crippen LogP contribution in [0.1, 0.15) is 46.1 Å². The minimum Gasteiger partial charge on any atom is -0.383 e. The van der Waals surface area contributed by atoms with E-state index in [2.05, 4.69) is 29.5 Å². The number of thiophene rings is 1. The van der Waals surface area contributed by atoms with Gasteiger partial charge in [0.05, 0.1) is 6.54 Å². The number of hydrogen-bond donors (Lipinski definition) is 3. The van der Waals surface area contributed by atoms with Crippen molar-refractivity contribution in [2.45, 2.75) is 46.1 Å². The van der Waals surface area contributed by atoms with Gasteiger partial charge in [-0.2, -0.15) is 11.3 Å². The van der Waals surface area contributed by atoms with Gasteiger partial charge in [0.1, 0.15) is 5.60 Å². The highest BCUT2D eigenvalue weighted by molar-refractivity contribution is 14.0. The fraction of sp³-hybridized carbons (Fsp3) is 0.688. The summed E-state index contributed by atoms with van der Waals surface area (Å²) in [4.78, 5) is 4.53. The summed E-state index contributed by atoms with van der Waals surface area (Å²) in [5.41, 5.74) is 0.00385. The minimum absolute atomic E-state index is 0. The lowest BCUT2D eigenvalue weighted by atomic mass is 10.00. The normalized spacial score (nSPS) is 14.4. The van der Waals surface area contributed by atoms with E-state index in [4.69, 9.17) is 0 Å². The minimum atomic E-state index is -0.919. The standard InChI is InChI=1S/C16H29N3OS.HI/c1-5-13(6-2)10-18-15(17-7-3)19-12-16(4,20)14-8-9-21-11-14;/h8-9,11,13,20H,5-7,10,12H2,1-4H3,(H2,17,18,19);1H. The Balaban J connectivity index is 0.00000441. The molecule has 1 aromatic heterocycles. The van der Waals surface area contributed by atoms with Crippen molar-refractivity contribution in [3.63, 3.8) is 0 Å². The second-order valence-electron chi connectivity index (χ2n) is 5.54. The summed E-state index contributed by atoms with van der Waals surface area (Å²) in [6.45, 7) is 10.4. The van der Waals surface area contributed by atoms with Crippen LogP contribution < -0.4 is 10.6 Å². The van der Waals surface area contributed by atoms with E-state index in [1.54, 1.807) is 11.3 Å². The van der Waals surface area contributed by atoms with Gasteiger partial charge in [0.2, 0.25) is 0 Å². The van der Waals surface area contributed by atoms with Crippen LogP contribution in [0.15, 0.2) is 21.8 Å². The van der Waals surface area contributed by atoms with Crippen LogP contribution in [0.2, 0.25) is 0 Å². The average Bonchev–Trinajstić information content (AvgIpc) is 3.00. The number of halogens is 1. The molecule has 0 radical (unpaired) electrons. The first-order valence-electron chi connectivity index (χ1n) is 7.80. The van der Waals surface area contributed by atoms with Gasteiger partial charge >= 0.3 is 0 Å². The first kappa shape index (κ1) is 21.7. The Morgan fingerprint density at radius 3 is 2.50 bits per heavy atom. The van der Waals surface area contributed by atoms with E-state index in [1.165, 1.54) is 0 Å². The molecule has 4 nitrogen and oxygen atoms in total. The number of nitrogens with one attached hydrogen (secondary N) is 2. The highest BCUT2D eigenvalue weighted by atomic mass is 127. The second kappa shape index (κ2) is 11.2. The van der Waals surface area contributed by atoms with Crippen molar-refractivity contribution in [1.82, 2.24) is 10.6 Å². The van der Waals surface area contributed by atoms with Gasteiger partial charge in [-0.3, -0.25) is 0 Å². The van der Waals surface area contributed by atoms with E-state index in [9.17, 15) is 5.11 Å². The molecule has 0 aromatic carbocycles. The van der Waals surface area contributed by atoms with E-state index in [-0.39, 0.29) is 24.0 Å². The third kappa shape index (κ3) is 7.28. The summed E-state index contributed by atoms with van der Waals surface area (Å²) in [6, 6.07) is 1.95. The van der Waals surface area contributed by atoms with Crippen LogP contribution in [0.4, 0.5) is 0 Å². The number of guanidine groups is 1. The summed E-state index contributed by atoms with van der Waals surface area (Å²) in [7, 11) is 0. The number of hydrogen-bond acceptors (Lipinski definition) is 3. The van der Waals surface area contributed by atoms with Crippen molar-refractivity contribution in [2.24, 2.45) is 10.9 Å². The lowest BCUT2D eigenvalue weighted by molar-refractivity contribution is 0.0677. The molecule has 128 valence electrons. The Bertz CT molecular complexity index is 417. The number of aliphatic imine (C=N–C) groups is 1. The zero-order valence-electron chi connectivity index (χ0n) is 14.1. The maximum atomic E-state index is 10.5. The first-order valence-corrected chi connectivity index (χ1v) is 8.75. The number of aliphatic hydroxyl groups is 1. The highest BCUT2D eigenvalue weighted by Crippen LogP contribution is 2.23. The SMILES string of the molecule is CCNC(=NCC(C)(O)c1ccsc1)NCC(CC)CC.I. The second-order valence-corrected chi connectivity index (χ2v) is 6.32. The Morgan fingerprint density at radius 2 is 2.00 bits per heavy atom. The third-order valence-corrected chi connectivity index (χ3v) is 4.43. The van der Waals surface area contributed by atoms with Crippen LogP contribution in [0.3, 0.4) is 0 Å². The summed E-state index contributed by atoms with van der Waals surface area (Å²) in [6.07, 6.45) is 2.32. The molecule has 0 aliphatic carbocycles. The van der Waals surface area contributed by atoms with Crippen LogP contribution in [0.5, 0.6) is 0 Å². The van der Waals surface area contributed by atoms with Crippen molar-refractivity contribution in [3.8, 4) is 0 Å². The Labute approximate surface area is 155 Å². The lowest BCUT2D eigenvalue weighted by Crippen LogP contribution is -2.40. The molecule has 0 saturated heterocycles. The molecular formula is C16H30IN3OS. The summed E-state index contributed by atoms with van der Waals surface area (Å²) >= 11 is 1.59. The molecule has 0 saturated carbocycles. The Hall–Kier alpha value is -0.340. The van der Waals surface area contributed by atoms with Crippen LogP contribution in [-0.4, -0.2) is 30.7 Å². The van der Waals surface area contributed by atoms with Crippen molar-refractivity contribution < 1.29 is 5.11 Å². The van der Waals surface area contributed by atoms with Gasteiger partial charge in [0, 0.05) is 13.1 Å². The first-order chi connectivity index (χ1) is 10.0. The molecule has 22 heavy (non-hydrogen) atoms. The molecule has 1 rings (SSSR count). The van der Waals surface area contributed by atoms with Gasteiger partial charge in [-0.15, -0.1) is 24.0 Å². The van der Waals surface area contributed by atoms with Crippen molar-refractivity contribution in [2.75, 3.05) is 19.6 Å². The molecule has 1 aromatic rings. The van der Waals surface area contributed by atoms with Crippen molar-refractivity contribution in [3.05, 3.63) is 22.4 Å². The maximum absolute atomic E-state index is 10.5. The summed E-state index contributed by atoms with van der Waals surface area (Å²) in [5.74, 6) is 1.44. The van der Waals surface area contributed by atoms with E-state index in [0.717, 1.165) is 37.5 Å². The molecule has 1 atom stereocenters. The molecule has 0 bridgehead atoms. The molecule has 1 unspecified atom stereocenters. The molecule has 0 aliphatic heterocycles. The Kier molecular flexibility index (Phi) is 11.1. The zero-order chi connectivity index (χ0) is 15.7. The zero-order valence-corrected chi connectivity index (χ0v) is 17.2. The quantitative estimate of drug-likeness (QED) is 0.330. The fourth-order valence-corrected chi connectivity index (χ4v) is 2.84. The predicted octanol–water partition coefficient (Wildman–Crippen LogP) is 3.56. The molecule has 1 heterocycles. The van der Waals surface area contributed by atoms with Gasteiger partial charge in [-0.1, -0.05) is 26.7 Å². The summed E-state index contributed by atoms with van der Waals surface area (Å²) < 4.78 is 0. The smallest absolute Gasteiger partial charge is 0.191 e. The topological polar surface area (TPSA) is 56.7 Å².